The molecule has 0 atom stereocenters. The van der Waals surface area contributed by atoms with Crippen LogP contribution in [0.2, 0.25) is 0 Å². The van der Waals surface area contributed by atoms with Gasteiger partial charge in [-0.15, -0.1) is 0 Å². The Morgan fingerprint density at radius 3 is 2.18 bits per heavy atom. The molecule has 7 rings (SSSR count). The molecule has 50 heavy (non-hydrogen) atoms. The third kappa shape index (κ3) is 6.15. The number of piperazine rings is 1. The summed E-state index contributed by atoms with van der Waals surface area (Å²) < 4.78 is 2.52. The second kappa shape index (κ2) is 13.8. The number of nitrogen functional groups attached to an aromatic ring is 1. The van der Waals surface area contributed by atoms with Crippen molar-refractivity contribution in [3.63, 3.8) is 0 Å². The molecule has 3 heterocycles. The fourth-order valence-electron chi connectivity index (χ4n) is 8.98. The van der Waals surface area contributed by atoms with Crippen molar-refractivity contribution in [2.24, 2.45) is 0 Å². The van der Waals surface area contributed by atoms with E-state index in [0.717, 1.165) is 64.3 Å². The molecule has 0 saturated carbocycles. The van der Waals surface area contributed by atoms with Gasteiger partial charge in [-0.25, -0.2) is 0 Å². The van der Waals surface area contributed by atoms with Crippen molar-refractivity contribution >= 4 is 22.8 Å². The lowest BCUT2D eigenvalue weighted by Crippen LogP contribution is -2.46. The molecule has 0 radical (unpaired) electrons. The highest BCUT2D eigenvalue weighted by Gasteiger charge is 2.43. The molecule has 1 aliphatic carbocycles. The van der Waals surface area contributed by atoms with Gasteiger partial charge in [-0.2, -0.15) is 4.58 Å². The Morgan fingerprint density at radius 1 is 0.760 bits per heavy atom. The predicted molar refractivity (Wildman–Crippen MR) is 211 cm³/mol. The van der Waals surface area contributed by atoms with E-state index < -0.39 is 0 Å². The molecule has 3 aromatic rings. The summed E-state index contributed by atoms with van der Waals surface area (Å²) in [5.74, 6) is 0. The summed E-state index contributed by atoms with van der Waals surface area (Å²) >= 11 is 0. The zero-order valence-corrected chi connectivity index (χ0v) is 31.2. The first kappa shape index (κ1) is 34.1. The second-order valence-electron chi connectivity index (χ2n) is 15.5. The van der Waals surface area contributed by atoms with Gasteiger partial charge in [0.25, 0.3) is 0 Å². The van der Waals surface area contributed by atoms with E-state index in [4.69, 9.17) is 5.73 Å². The van der Waals surface area contributed by atoms with E-state index >= 15 is 0 Å². The second-order valence-corrected chi connectivity index (χ2v) is 15.5. The standard InChI is InChI=1S/C45H56N5/c1-7-49-39-18-11-9-16-37(39)44(3,4)41(49)26-22-34-14-13-15-35(23-27-42-45(5,6)38-17-10-12-19-40(38)50(42)8-2)43(34)48-30-28-47(29-31-48)32-33-20-24-36(46)25-21-33/h9-12,16-27H,7-8,13-15,28-32,46H2,1-6H3/q+1. The Bertz CT molecular complexity index is 1890. The third-order valence-corrected chi connectivity index (χ3v) is 11.7. The van der Waals surface area contributed by atoms with Crippen LogP contribution in [0, 0.1) is 0 Å². The van der Waals surface area contributed by atoms with Crippen LogP contribution < -0.4 is 10.6 Å². The number of para-hydroxylation sites is 2. The lowest BCUT2D eigenvalue weighted by molar-refractivity contribution is -0.433. The van der Waals surface area contributed by atoms with Gasteiger partial charge in [-0.3, -0.25) is 4.90 Å². The molecule has 260 valence electrons. The fourth-order valence-corrected chi connectivity index (χ4v) is 8.98. The van der Waals surface area contributed by atoms with Crippen LogP contribution in [0.25, 0.3) is 0 Å². The molecule has 1 saturated heterocycles. The lowest BCUT2D eigenvalue weighted by Gasteiger charge is -2.40. The van der Waals surface area contributed by atoms with Gasteiger partial charge in [0.1, 0.15) is 6.54 Å². The van der Waals surface area contributed by atoms with Crippen molar-refractivity contribution in [2.45, 2.75) is 78.2 Å². The number of hydrogen-bond donors (Lipinski definition) is 1. The minimum absolute atomic E-state index is 0.0397. The summed E-state index contributed by atoms with van der Waals surface area (Å²) in [4.78, 5) is 7.81. The SMILES string of the molecule is CCN1/C(=C/C=C2\CCCC(/C=C/C3=[N+](CC)c4ccccc4C3(C)C)=C2N2CCN(Cc3ccc(N)cc3)CC2)C(C)(C)c2ccccc21. The van der Waals surface area contributed by atoms with Gasteiger partial charge in [0.05, 0.1) is 5.41 Å². The maximum Gasteiger partial charge on any atom is 0.209 e. The van der Waals surface area contributed by atoms with Gasteiger partial charge in [0.2, 0.25) is 5.69 Å². The number of fused-ring (bicyclic) bond motifs is 2. The highest BCUT2D eigenvalue weighted by atomic mass is 15.3. The lowest BCUT2D eigenvalue weighted by atomic mass is 9.81. The van der Waals surface area contributed by atoms with Gasteiger partial charge < -0.3 is 15.5 Å². The highest BCUT2D eigenvalue weighted by Crippen LogP contribution is 2.48. The van der Waals surface area contributed by atoms with Crippen molar-refractivity contribution in [1.82, 2.24) is 9.80 Å². The maximum atomic E-state index is 5.97. The zero-order chi connectivity index (χ0) is 35.0. The fraction of sp³-hybridized carbons (Fsp3) is 0.400. The summed E-state index contributed by atoms with van der Waals surface area (Å²) in [6.07, 6.45) is 13.3. The molecule has 0 bridgehead atoms. The first-order chi connectivity index (χ1) is 24.1. The van der Waals surface area contributed by atoms with Gasteiger partial charge in [-0.05, 0) is 93.5 Å². The van der Waals surface area contributed by atoms with Crippen LogP contribution in [0.3, 0.4) is 0 Å². The van der Waals surface area contributed by atoms with Gasteiger partial charge in [0, 0.05) is 85.2 Å². The van der Waals surface area contributed by atoms with Crippen molar-refractivity contribution in [2.75, 3.05) is 49.9 Å². The molecule has 0 spiro atoms. The number of nitrogens with two attached hydrogens (primary N) is 1. The summed E-state index contributed by atoms with van der Waals surface area (Å²) in [5, 5.41) is 0. The molecule has 5 heteroatoms. The zero-order valence-electron chi connectivity index (χ0n) is 31.2. The average molecular weight is 667 g/mol. The van der Waals surface area contributed by atoms with Gasteiger partial charge in [-0.1, -0.05) is 74.5 Å². The molecule has 0 aromatic heterocycles. The Labute approximate surface area is 300 Å². The molecular formula is C45H56N5+. The molecule has 0 amide bonds. The number of benzene rings is 3. The van der Waals surface area contributed by atoms with Crippen molar-refractivity contribution in [3.8, 4) is 0 Å². The normalized spacial score (nSPS) is 22.0. The average Bonchev–Trinajstić information content (AvgIpc) is 3.49. The van der Waals surface area contributed by atoms with E-state index in [1.807, 2.05) is 12.1 Å². The monoisotopic (exact) mass is 666 g/mol. The number of allylic oxidation sites excluding steroid dienone is 7. The summed E-state index contributed by atoms with van der Waals surface area (Å²) in [6, 6.07) is 26.3. The summed E-state index contributed by atoms with van der Waals surface area (Å²) in [7, 11) is 0. The minimum Gasteiger partial charge on any atom is -0.399 e. The van der Waals surface area contributed by atoms with Gasteiger partial charge in [0.15, 0.2) is 5.71 Å². The minimum atomic E-state index is -0.0397. The van der Waals surface area contributed by atoms with Crippen LogP contribution in [0.1, 0.15) is 77.5 Å². The quantitative estimate of drug-likeness (QED) is 0.192. The molecule has 2 N–H and O–H groups in total. The topological polar surface area (TPSA) is 38.8 Å². The maximum absolute atomic E-state index is 5.97. The van der Waals surface area contributed by atoms with Crippen molar-refractivity contribution < 1.29 is 4.58 Å². The van der Waals surface area contributed by atoms with Crippen LogP contribution in [0.4, 0.5) is 17.1 Å². The van der Waals surface area contributed by atoms with Crippen molar-refractivity contribution in [1.29, 1.82) is 0 Å². The Kier molecular flexibility index (Phi) is 9.38. The molecule has 5 nitrogen and oxygen atoms in total. The summed E-state index contributed by atoms with van der Waals surface area (Å²) in [6.45, 7) is 21.2. The number of rotatable bonds is 8. The summed E-state index contributed by atoms with van der Waals surface area (Å²) in [5.41, 5.74) is 20.8. The molecule has 0 unspecified atom stereocenters. The Hall–Kier alpha value is -4.35. The van der Waals surface area contributed by atoms with E-state index in [1.54, 1.807) is 0 Å². The van der Waals surface area contributed by atoms with Crippen molar-refractivity contribution in [3.05, 3.63) is 136 Å². The third-order valence-electron chi connectivity index (χ3n) is 11.7. The number of nitrogens with zero attached hydrogens (tertiary/aromatic N) is 4. The predicted octanol–water partition coefficient (Wildman–Crippen LogP) is 9.10. The van der Waals surface area contributed by atoms with Crippen LogP contribution in [-0.2, 0) is 17.4 Å². The largest absolute Gasteiger partial charge is 0.399 e. The number of anilines is 2. The van der Waals surface area contributed by atoms with Crippen LogP contribution in [-0.4, -0.2) is 59.4 Å². The molecule has 1 fully saturated rings. The van der Waals surface area contributed by atoms with E-state index in [0.29, 0.717) is 0 Å². The molecule has 4 aliphatic rings. The first-order valence-corrected chi connectivity index (χ1v) is 18.9. The van der Waals surface area contributed by atoms with Crippen LogP contribution >= 0.6 is 0 Å². The smallest absolute Gasteiger partial charge is 0.209 e. The number of likely N-dealkylation sites (N-methyl/N-ethyl adjacent to an activating group) is 1. The van der Waals surface area contributed by atoms with Gasteiger partial charge >= 0.3 is 0 Å². The molecule has 3 aromatic carbocycles. The number of hydrogen-bond acceptors (Lipinski definition) is 4. The van der Waals surface area contributed by atoms with E-state index in [2.05, 4.69) is 146 Å². The molecular weight excluding hydrogens is 611 g/mol. The van der Waals surface area contributed by atoms with E-state index in [1.165, 1.54) is 62.7 Å². The molecule has 3 aliphatic heterocycles. The van der Waals surface area contributed by atoms with E-state index in [-0.39, 0.29) is 10.8 Å². The van der Waals surface area contributed by atoms with Crippen LogP contribution in [0.15, 0.2) is 120 Å². The Morgan fingerprint density at radius 2 is 1.46 bits per heavy atom. The van der Waals surface area contributed by atoms with Crippen LogP contribution in [0.5, 0.6) is 0 Å². The first-order valence-electron chi connectivity index (χ1n) is 18.9. The Balaban J connectivity index is 1.25. The van der Waals surface area contributed by atoms with E-state index in [9.17, 15) is 0 Å². The highest BCUT2D eigenvalue weighted by molar-refractivity contribution is 6.03.